The molecule has 4 rings (SSSR count). The van der Waals surface area contributed by atoms with Gasteiger partial charge in [0, 0.05) is 36.1 Å². The smallest absolute Gasteiger partial charge is 0.221 e. The van der Waals surface area contributed by atoms with Crippen molar-refractivity contribution in [3.63, 3.8) is 0 Å². The quantitative estimate of drug-likeness (QED) is 0.548. The molecule has 2 heterocycles. The van der Waals surface area contributed by atoms with E-state index in [4.69, 9.17) is 9.15 Å². The van der Waals surface area contributed by atoms with Gasteiger partial charge in [-0.3, -0.25) is 4.79 Å². The molecule has 0 bridgehead atoms. The Hall–Kier alpha value is -2.51. The van der Waals surface area contributed by atoms with E-state index in [0.29, 0.717) is 31.3 Å². The number of ether oxygens (including phenoxy) is 1. The van der Waals surface area contributed by atoms with Gasteiger partial charge in [-0.1, -0.05) is 28.1 Å². The number of benzene rings is 2. The van der Waals surface area contributed by atoms with Gasteiger partial charge < -0.3 is 14.5 Å². The highest BCUT2D eigenvalue weighted by Crippen LogP contribution is 2.33. The normalized spacial score (nSPS) is 15.7. The van der Waals surface area contributed by atoms with Crippen molar-refractivity contribution in [3.05, 3.63) is 76.5 Å². The van der Waals surface area contributed by atoms with Crippen LogP contribution < -0.4 is 5.32 Å². The SMILES string of the molecule is O=C(CCc1ncc(-c2ccc(F)cc2)o1)NC1(c2cccc(Br)c2)CCOCC1. The second-order valence-electron chi connectivity index (χ2n) is 7.38. The zero-order valence-electron chi connectivity index (χ0n) is 16.4. The Labute approximate surface area is 182 Å². The van der Waals surface area contributed by atoms with Crippen LogP contribution in [0.25, 0.3) is 11.3 Å². The Balaban J connectivity index is 1.41. The Bertz CT molecular complexity index is 1010. The molecule has 5 nitrogen and oxygen atoms in total. The van der Waals surface area contributed by atoms with Crippen LogP contribution in [0.4, 0.5) is 4.39 Å². The molecular formula is C23H22BrFN2O3. The fourth-order valence-electron chi connectivity index (χ4n) is 3.72. The van der Waals surface area contributed by atoms with Gasteiger partial charge in [-0.15, -0.1) is 0 Å². The van der Waals surface area contributed by atoms with Crippen LogP contribution in [0.2, 0.25) is 0 Å². The highest BCUT2D eigenvalue weighted by atomic mass is 79.9. The summed E-state index contributed by atoms with van der Waals surface area (Å²) in [4.78, 5) is 17.0. The van der Waals surface area contributed by atoms with Crippen molar-refractivity contribution in [2.24, 2.45) is 0 Å². The Morgan fingerprint density at radius 1 is 1.17 bits per heavy atom. The van der Waals surface area contributed by atoms with Crippen molar-refractivity contribution in [2.45, 2.75) is 31.2 Å². The minimum Gasteiger partial charge on any atom is -0.441 e. The Kier molecular flexibility index (Phi) is 6.29. The topological polar surface area (TPSA) is 64.4 Å². The molecule has 0 aliphatic carbocycles. The minimum atomic E-state index is -0.436. The van der Waals surface area contributed by atoms with Crippen molar-refractivity contribution in [2.75, 3.05) is 13.2 Å². The summed E-state index contributed by atoms with van der Waals surface area (Å²) >= 11 is 3.52. The molecule has 2 aromatic carbocycles. The van der Waals surface area contributed by atoms with Crippen LogP contribution >= 0.6 is 15.9 Å². The lowest BCUT2D eigenvalue weighted by Gasteiger charge is -2.38. The predicted molar refractivity (Wildman–Crippen MR) is 114 cm³/mol. The molecule has 1 saturated heterocycles. The molecule has 1 N–H and O–H groups in total. The summed E-state index contributed by atoms with van der Waals surface area (Å²) in [6.45, 7) is 1.21. The van der Waals surface area contributed by atoms with Crippen molar-refractivity contribution in [1.29, 1.82) is 0 Å². The van der Waals surface area contributed by atoms with Gasteiger partial charge in [-0.2, -0.15) is 0 Å². The minimum absolute atomic E-state index is 0.0570. The van der Waals surface area contributed by atoms with Crippen molar-refractivity contribution < 1.29 is 18.3 Å². The first-order valence-corrected chi connectivity index (χ1v) is 10.7. The third-order valence-electron chi connectivity index (χ3n) is 5.35. The monoisotopic (exact) mass is 472 g/mol. The van der Waals surface area contributed by atoms with Crippen molar-refractivity contribution in [1.82, 2.24) is 10.3 Å². The molecule has 156 valence electrons. The molecule has 1 aliphatic heterocycles. The van der Waals surface area contributed by atoms with E-state index in [0.717, 1.165) is 28.4 Å². The molecule has 0 unspecified atom stereocenters. The first-order chi connectivity index (χ1) is 14.5. The average Bonchev–Trinajstić information content (AvgIpc) is 3.23. The van der Waals surface area contributed by atoms with Gasteiger partial charge in [0.25, 0.3) is 0 Å². The molecular weight excluding hydrogens is 451 g/mol. The van der Waals surface area contributed by atoms with E-state index < -0.39 is 5.54 Å². The van der Waals surface area contributed by atoms with E-state index in [9.17, 15) is 9.18 Å². The maximum atomic E-state index is 13.1. The van der Waals surface area contributed by atoms with Gasteiger partial charge in [0.15, 0.2) is 11.7 Å². The first kappa shape index (κ1) is 20.8. The number of amides is 1. The van der Waals surface area contributed by atoms with Gasteiger partial charge in [0.2, 0.25) is 5.91 Å². The third kappa shape index (κ3) is 4.79. The van der Waals surface area contributed by atoms with Gasteiger partial charge in [0.1, 0.15) is 5.82 Å². The summed E-state index contributed by atoms with van der Waals surface area (Å²) in [6.07, 6.45) is 3.70. The molecule has 1 aliphatic rings. The van der Waals surface area contributed by atoms with Crippen LogP contribution in [0, 0.1) is 5.82 Å². The molecule has 0 saturated carbocycles. The number of aromatic nitrogens is 1. The molecule has 3 aromatic rings. The summed E-state index contributed by atoms with van der Waals surface area (Å²) in [5, 5.41) is 3.24. The lowest BCUT2D eigenvalue weighted by molar-refractivity contribution is -0.124. The third-order valence-corrected chi connectivity index (χ3v) is 5.84. The van der Waals surface area contributed by atoms with E-state index >= 15 is 0 Å². The van der Waals surface area contributed by atoms with Gasteiger partial charge in [0.05, 0.1) is 11.7 Å². The average molecular weight is 473 g/mol. The molecule has 1 amide bonds. The van der Waals surface area contributed by atoms with E-state index in [1.54, 1.807) is 18.3 Å². The lowest BCUT2D eigenvalue weighted by Crippen LogP contribution is -2.49. The summed E-state index contributed by atoms with van der Waals surface area (Å²) < 4.78 is 25.3. The Morgan fingerprint density at radius 3 is 2.67 bits per heavy atom. The molecule has 1 fully saturated rings. The van der Waals surface area contributed by atoms with Crippen LogP contribution in [0.15, 0.2) is 63.6 Å². The fraction of sp³-hybridized carbons (Fsp3) is 0.304. The number of halogens is 2. The van der Waals surface area contributed by atoms with Gasteiger partial charge in [-0.05, 0) is 54.8 Å². The number of hydrogen-bond acceptors (Lipinski definition) is 4. The molecule has 0 atom stereocenters. The highest BCUT2D eigenvalue weighted by molar-refractivity contribution is 9.10. The number of nitrogens with one attached hydrogen (secondary N) is 1. The number of rotatable bonds is 6. The zero-order chi connectivity index (χ0) is 21.0. The predicted octanol–water partition coefficient (Wildman–Crippen LogP) is 5.00. The molecule has 0 radical (unpaired) electrons. The highest BCUT2D eigenvalue weighted by Gasteiger charge is 2.36. The van der Waals surface area contributed by atoms with E-state index in [2.05, 4.69) is 32.3 Å². The fourth-order valence-corrected chi connectivity index (χ4v) is 4.11. The molecule has 0 spiro atoms. The van der Waals surface area contributed by atoms with Crippen LogP contribution in [-0.2, 0) is 21.5 Å². The summed E-state index contributed by atoms with van der Waals surface area (Å²) in [5.41, 5.74) is 1.38. The second-order valence-corrected chi connectivity index (χ2v) is 8.29. The second kappa shape index (κ2) is 9.10. The number of aryl methyl sites for hydroxylation is 1. The van der Waals surface area contributed by atoms with Crippen LogP contribution in [0.5, 0.6) is 0 Å². The van der Waals surface area contributed by atoms with E-state index in [1.807, 2.05) is 18.2 Å². The number of hydrogen-bond donors (Lipinski definition) is 1. The molecule has 7 heteroatoms. The maximum Gasteiger partial charge on any atom is 0.221 e. The van der Waals surface area contributed by atoms with E-state index in [1.165, 1.54) is 12.1 Å². The van der Waals surface area contributed by atoms with Crippen molar-refractivity contribution >= 4 is 21.8 Å². The zero-order valence-corrected chi connectivity index (χ0v) is 18.0. The van der Waals surface area contributed by atoms with Gasteiger partial charge in [-0.25, -0.2) is 9.37 Å². The van der Waals surface area contributed by atoms with Crippen LogP contribution in [-0.4, -0.2) is 24.1 Å². The van der Waals surface area contributed by atoms with Crippen LogP contribution in [0.1, 0.15) is 30.7 Å². The summed E-state index contributed by atoms with van der Waals surface area (Å²) in [5.74, 6) is 0.675. The van der Waals surface area contributed by atoms with Crippen molar-refractivity contribution in [3.8, 4) is 11.3 Å². The number of carbonyl (C=O) groups excluding carboxylic acids is 1. The van der Waals surface area contributed by atoms with E-state index in [-0.39, 0.29) is 18.1 Å². The molecule has 1 aromatic heterocycles. The molecule has 30 heavy (non-hydrogen) atoms. The summed E-state index contributed by atoms with van der Waals surface area (Å²) in [6, 6.07) is 14.1. The first-order valence-electron chi connectivity index (χ1n) is 9.90. The maximum absolute atomic E-state index is 13.1. The number of nitrogens with zero attached hydrogens (tertiary/aromatic N) is 1. The number of oxazole rings is 1. The largest absolute Gasteiger partial charge is 0.441 e. The summed E-state index contributed by atoms with van der Waals surface area (Å²) in [7, 11) is 0. The van der Waals surface area contributed by atoms with Gasteiger partial charge >= 0.3 is 0 Å². The lowest BCUT2D eigenvalue weighted by atomic mass is 9.82. The van der Waals surface area contributed by atoms with Crippen LogP contribution in [0.3, 0.4) is 0 Å². The number of carbonyl (C=O) groups is 1. The standard InChI is InChI=1S/C23H22BrFN2O3/c24-18-3-1-2-17(14-18)23(10-12-29-13-11-23)27-21(28)8-9-22-26-15-20(30-22)16-4-6-19(25)7-5-16/h1-7,14-15H,8-13H2,(H,27,28). The Morgan fingerprint density at radius 2 is 1.93 bits per heavy atom.